The average Bonchev–Trinajstić information content (AvgIpc) is 3.54. The van der Waals surface area contributed by atoms with Gasteiger partial charge in [-0.05, 0) is 30.5 Å². The summed E-state index contributed by atoms with van der Waals surface area (Å²) < 4.78 is 17.1. The van der Waals surface area contributed by atoms with Gasteiger partial charge in [0.15, 0.2) is 11.8 Å². The molecule has 1 saturated heterocycles. The van der Waals surface area contributed by atoms with Gasteiger partial charge in [-0.15, -0.1) is 0 Å². The van der Waals surface area contributed by atoms with Crippen LogP contribution in [0.3, 0.4) is 0 Å². The highest BCUT2D eigenvalue weighted by Crippen LogP contribution is 2.42. The van der Waals surface area contributed by atoms with Gasteiger partial charge in [-0.3, -0.25) is 10.1 Å². The molecule has 2 aliphatic heterocycles. The van der Waals surface area contributed by atoms with Crippen molar-refractivity contribution in [2.75, 3.05) is 24.5 Å². The number of anilines is 1. The predicted molar refractivity (Wildman–Crippen MR) is 133 cm³/mol. The van der Waals surface area contributed by atoms with E-state index in [4.69, 9.17) is 17.3 Å². The van der Waals surface area contributed by atoms with Crippen molar-refractivity contribution < 1.29 is 9.18 Å². The molecule has 2 aromatic carbocycles. The van der Waals surface area contributed by atoms with Crippen molar-refractivity contribution in [3.63, 3.8) is 0 Å². The third-order valence-electron chi connectivity index (χ3n) is 6.44. The Morgan fingerprint density at radius 1 is 1.23 bits per heavy atom. The van der Waals surface area contributed by atoms with Crippen LogP contribution < -0.4 is 16.1 Å². The van der Waals surface area contributed by atoms with Gasteiger partial charge in [-0.1, -0.05) is 23.7 Å². The Morgan fingerprint density at radius 3 is 2.69 bits per heavy atom. The maximum Gasteiger partial charge on any atom is 0.152 e. The highest BCUT2D eigenvalue weighted by molar-refractivity contribution is 6.31. The first-order chi connectivity index (χ1) is 17.0. The maximum absolute atomic E-state index is 15.6. The molecule has 0 bridgehead atoms. The van der Waals surface area contributed by atoms with E-state index in [-0.39, 0.29) is 28.4 Å². The largest absolute Gasteiger partial charge is 0.370 e. The fourth-order valence-electron chi connectivity index (χ4n) is 4.75. The molecule has 0 atom stereocenters. The van der Waals surface area contributed by atoms with Crippen molar-refractivity contribution >= 4 is 34.6 Å². The smallest absolute Gasteiger partial charge is 0.152 e. The molecule has 1 aromatic heterocycles. The lowest BCUT2D eigenvalue weighted by Gasteiger charge is -2.22. The average molecular weight is 490 g/mol. The number of hydrogen-bond acceptors (Lipinski definition) is 7. The van der Waals surface area contributed by atoms with Crippen LogP contribution in [-0.2, 0) is 11.8 Å². The van der Waals surface area contributed by atoms with E-state index in [1.54, 1.807) is 25.4 Å². The third kappa shape index (κ3) is 3.69. The van der Waals surface area contributed by atoms with Crippen molar-refractivity contribution in [1.82, 2.24) is 15.2 Å². The zero-order valence-corrected chi connectivity index (χ0v) is 19.7. The number of halogens is 2. The molecule has 0 aliphatic carbocycles. The number of nitriles is 1. The molecule has 0 amide bonds. The number of benzene rings is 2. The molecular weight excluding hydrogens is 469 g/mol. The Kier molecular flexibility index (Phi) is 5.87. The van der Waals surface area contributed by atoms with E-state index in [9.17, 15) is 10.1 Å². The molecular formula is C25H21ClFN7O. The number of nitrogens with zero attached hydrogens (tertiary/aromatic N) is 5. The fourth-order valence-corrected chi connectivity index (χ4v) is 4.94. The molecule has 8 nitrogen and oxygen atoms in total. The minimum Gasteiger partial charge on any atom is -0.370 e. The van der Waals surface area contributed by atoms with Gasteiger partial charge in [0.25, 0.3) is 0 Å². The number of hydrazone groups is 1. The first-order valence-electron chi connectivity index (χ1n) is 11.1. The molecule has 2 aliphatic rings. The number of fused-ring (bicyclic) bond motifs is 1. The molecule has 1 fully saturated rings. The molecule has 0 saturated carbocycles. The van der Waals surface area contributed by atoms with Crippen LogP contribution in [0.15, 0.2) is 35.6 Å². The summed E-state index contributed by atoms with van der Waals surface area (Å²) in [6.07, 6.45) is 3.61. The Hall–Kier alpha value is -3.96. The summed E-state index contributed by atoms with van der Waals surface area (Å²) in [7, 11) is 1.69. The Morgan fingerprint density at radius 2 is 2.00 bits per heavy atom. The van der Waals surface area contributed by atoms with Crippen molar-refractivity contribution in [2.45, 2.75) is 12.8 Å². The molecule has 3 heterocycles. The first kappa shape index (κ1) is 22.8. The lowest BCUT2D eigenvalue weighted by Crippen LogP contribution is -2.25. The van der Waals surface area contributed by atoms with E-state index >= 15 is 4.39 Å². The molecule has 35 heavy (non-hydrogen) atoms. The van der Waals surface area contributed by atoms with E-state index < -0.39 is 5.82 Å². The number of rotatable bonds is 4. The summed E-state index contributed by atoms with van der Waals surface area (Å²) in [5.41, 5.74) is 13.3. The van der Waals surface area contributed by atoms with E-state index in [1.807, 2.05) is 12.0 Å². The summed E-state index contributed by atoms with van der Waals surface area (Å²) in [5.74, 6) is 1.18. The number of aryl methyl sites for hydroxylation is 1. The topological polar surface area (TPSA) is 112 Å². The Bertz CT molecular complexity index is 1470. The number of hydrogen-bond donors (Lipinski definition) is 2. The summed E-state index contributed by atoms with van der Waals surface area (Å²) in [6.45, 7) is 1.71. The van der Waals surface area contributed by atoms with Gasteiger partial charge in [0, 0.05) is 43.4 Å². The summed E-state index contributed by atoms with van der Waals surface area (Å²) in [5, 5.41) is 18.6. The minimum absolute atomic E-state index is 0.0529. The van der Waals surface area contributed by atoms with Gasteiger partial charge < -0.3 is 10.6 Å². The van der Waals surface area contributed by atoms with E-state index in [0.29, 0.717) is 39.3 Å². The molecule has 0 spiro atoms. The molecule has 3 N–H and O–H groups in total. The van der Waals surface area contributed by atoms with Crippen molar-refractivity contribution in [3.8, 4) is 28.5 Å². The lowest BCUT2D eigenvalue weighted by atomic mass is 9.92. The molecule has 0 radical (unpaired) electrons. The highest BCUT2D eigenvalue weighted by Gasteiger charge is 2.28. The molecule has 10 heteroatoms. The monoisotopic (exact) mass is 489 g/mol. The highest BCUT2D eigenvalue weighted by atomic mass is 35.5. The molecule has 3 aromatic rings. The third-order valence-corrected chi connectivity index (χ3v) is 6.72. The van der Waals surface area contributed by atoms with Crippen LogP contribution in [0.25, 0.3) is 28.1 Å². The second-order valence-electron chi connectivity index (χ2n) is 8.39. The van der Waals surface area contributed by atoms with Crippen LogP contribution in [0.4, 0.5) is 10.1 Å². The van der Waals surface area contributed by atoms with Gasteiger partial charge in [-0.25, -0.2) is 9.18 Å². The van der Waals surface area contributed by atoms with Gasteiger partial charge in [-0.2, -0.15) is 15.5 Å². The second-order valence-corrected chi connectivity index (χ2v) is 8.80. The van der Waals surface area contributed by atoms with E-state index in [0.717, 1.165) is 25.9 Å². The van der Waals surface area contributed by atoms with Crippen LogP contribution in [0.1, 0.15) is 29.5 Å². The van der Waals surface area contributed by atoms with E-state index in [1.165, 1.54) is 10.7 Å². The molecule has 0 unspecified atom stereocenters. The number of aromatic nitrogens is 2. The fraction of sp³-hybridized carbons (Fsp3) is 0.240. The maximum atomic E-state index is 15.6. The van der Waals surface area contributed by atoms with Gasteiger partial charge in [0.2, 0.25) is 0 Å². The Labute approximate surface area is 206 Å². The van der Waals surface area contributed by atoms with Crippen LogP contribution >= 0.6 is 11.6 Å². The van der Waals surface area contributed by atoms with Gasteiger partial charge in [0.1, 0.15) is 11.8 Å². The van der Waals surface area contributed by atoms with Crippen LogP contribution in [-0.4, -0.2) is 41.1 Å². The number of carbonyl (C=O) groups excluding carboxylic acids is 1. The molecule has 5 rings (SSSR count). The predicted octanol–water partition coefficient (Wildman–Crippen LogP) is 3.46. The SMILES string of the molecule is Cn1ncc(-c2ccc3c(c2)C(CN)=NNC3=C=O)c1-c1c(F)c(Cl)cc(N2CCCC2)c1C#N. The number of nitrogens with two attached hydrogens (primary N) is 1. The Balaban J connectivity index is 1.74. The van der Waals surface area contributed by atoms with Crippen molar-refractivity contribution in [3.05, 3.63) is 58.0 Å². The minimum atomic E-state index is -0.673. The van der Waals surface area contributed by atoms with Gasteiger partial charge >= 0.3 is 0 Å². The zero-order chi connectivity index (χ0) is 24.7. The van der Waals surface area contributed by atoms with Crippen LogP contribution in [0.2, 0.25) is 5.02 Å². The zero-order valence-electron chi connectivity index (χ0n) is 18.9. The first-order valence-corrected chi connectivity index (χ1v) is 11.5. The normalized spacial score (nSPS) is 14.8. The van der Waals surface area contributed by atoms with Gasteiger partial charge in [0.05, 0.1) is 39.4 Å². The van der Waals surface area contributed by atoms with Crippen LogP contribution in [0, 0.1) is 17.1 Å². The number of nitrogens with one attached hydrogen (secondary N) is 1. The van der Waals surface area contributed by atoms with Crippen LogP contribution in [0.5, 0.6) is 0 Å². The van der Waals surface area contributed by atoms with Crippen molar-refractivity contribution in [1.29, 1.82) is 5.26 Å². The quantitative estimate of drug-likeness (QED) is 0.543. The summed E-state index contributed by atoms with van der Waals surface area (Å²) >= 11 is 6.34. The second kappa shape index (κ2) is 9.01. The van der Waals surface area contributed by atoms with Crippen molar-refractivity contribution in [2.24, 2.45) is 17.9 Å². The summed E-state index contributed by atoms with van der Waals surface area (Å²) in [6, 6.07) is 9.13. The summed E-state index contributed by atoms with van der Waals surface area (Å²) in [4.78, 5) is 13.4. The lowest BCUT2D eigenvalue weighted by molar-refractivity contribution is 0.568. The van der Waals surface area contributed by atoms with E-state index in [2.05, 4.69) is 26.6 Å². The standard InChI is InChI=1S/C25H21ClFN7O/c1-33-25(23-17(10-28)22(9-19(26)24(23)27)34-6-2-3-7-34)18(12-30-33)14-4-5-15-16(8-14)20(11-29)31-32-21(15)13-35/h4-5,8-9,12,32H,2-3,6-7,11,29H2,1H3. The molecule has 176 valence electrons.